The highest BCUT2D eigenvalue weighted by Crippen LogP contribution is 2.21. The Bertz CT molecular complexity index is 454. The molecule has 1 atom stereocenters. The number of rotatable bonds is 7. The molecule has 116 valence electrons. The number of hydrogen-bond donors (Lipinski definition) is 0. The van der Waals surface area contributed by atoms with E-state index in [1.807, 2.05) is 13.8 Å². The highest BCUT2D eigenvalue weighted by atomic mass is 32.2. The summed E-state index contributed by atoms with van der Waals surface area (Å²) in [5.41, 5.74) is 1.21. The predicted molar refractivity (Wildman–Crippen MR) is 82.3 cm³/mol. The first-order chi connectivity index (χ1) is 9.39. The highest BCUT2D eigenvalue weighted by Gasteiger charge is 2.23. The van der Waals surface area contributed by atoms with Gasteiger partial charge in [0.25, 0.3) is 0 Å². The van der Waals surface area contributed by atoms with Gasteiger partial charge < -0.3 is 4.90 Å². The molecule has 0 N–H and O–H groups in total. The number of nitrogens with zero attached hydrogens (tertiary/aromatic N) is 1. The Balaban J connectivity index is 2.64. The standard InChI is InChI=1S/C15H27NO3S/c1-4-16(13(3)12-20(18,19)5-2)15(17)11-14-9-7-6-8-10-14/h9,13H,4-8,10-12H2,1-3H3/t13-/m1/s1. The fourth-order valence-electron chi connectivity index (χ4n) is 2.67. The number of allylic oxidation sites excluding steroid dienone is 1. The molecule has 0 aromatic heterocycles. The molecule has 0 saturated carbocycles. The van der Waals surface area contributed by atoms with Crippen LogP contribution < -0.4 is 0 Å². The van der Waals surface area contributed by atoms with Gasteiger partial charge in [-0.3, -0.25) is 4.79 Å². The summed E-state index contributed by atoms with van der Waals surface area (Å²) in [6.45, 7) is 5.94. The van der Waals surface area contributed by atoms with Crippen molar-refractivity contribution in [1.82, 2.24) is 4.90 Å². The predicted octanol–water partition coefficient (Wildman–Crippen LogP) is 2.55. The minimum absolute atomic E-state index is 0.0550. The lowest BCUT2D eigenvalue weighted by molar-refractivity contribution is -0.131. The van der Waals surface area contributed by atoms with E-state index in [2.05, 4.69) is 6.08 Å². The number of carbonyl (C=O) groups is 1. The molecule has 5 heteroatoms. The normalized spacial score (nSPS) is 17.4. The Morgan fingerprint density at radius 2 is 2.05 bits per heavy atom. The van der Waals surface area contributed by atoms with Gasteiger partial charge in [0.05, 0.1) is 5.75 Å². The first-order valence-corrected chi connectivity index (χ1v) is 9.39. The molecule has 0 unspecified atom stereocenters. The van der Waals surface area contributed by atoms with E-state index in [0.717, 1.165) is 19.3 Å². The Labute approximate surface area is 123 Å². The minimum atomic E-state index is -3.05. The second kappa shape index (κ2) is 7.81. The third kappa shape index (κ3) is 5.27. The van der Waals surface area contributed by atoms with Crippen molar-refractivity contribution in [1.29, 1.82) is 0 Å². The molecule has 20 heavy (non-hydrogen) atoms. The number of sulfone groups is 1. The van der Waals surface area contributed by atoms with Crippen LogP contribution in [0.3, 0.4) is 0 Å². The summed E-state index contributed by atoms with van der Waals surface area (Å²) in [6, 6.07) is -0.248. The molecule has 1 aliphatic carbocycles. The smallest absolute Gasteiger partial charge is 0.226 e. The monoisotopic (exact) mass is 301 g/mol. The van der Waals surface area contributed by atoms with Crippen LogP contribution in [0, 0.1) is 0 Å². The lowest BCUT2D eigenvalue weighted by Crippen LogP contribution is -2.42. The van der Waals surface area contributed by atoms with E-state index in [-0.39, 0.29) is 23.5 Å². The van der Waals surface area contributed by atoms with Crippen molar-refractivity contribution in [3.63, 3.8) is 0 Å². The summed E-state index contributed by atoms with van der Waals surface area (Å²) in [4.78, 5) is 14.0. The summed E-state index contributed by atoms with van der Waals surface area (Å²) >= 11 is 0. The van der Waals surface area contributed by atoms with Crippen molar-refractivity contribution >= 4 is 15.7 Å². The summed E-state index contributed by atoms with van der Waals surface area (Å²) in [5, 5.41) is 0. The van der Waals surface area contributed by atoms with Crippen molar-refractivity contribution in [2.75, 3.05) is 18.1 Å². The maximum Gasteiger partial charge on any atom is 0.226 e. The van der Waals surface area contributed by atoms with Crippen molar-refractivity contribution in [3.05, 3.63) is 11.6 Å². The number of hydrogen-bond acceptors (Lipinski definition) is 3. The SMILES string of the molecule is CCN(C(=O)CC1=CCCCC1)[C@H](C)CS(=O)(=O)CC. The van der Waals surface area contributed by atoms with Crippen LogP contribution in [0.1, 0.15) is 52.9 Å². The Morgan fingerprint density at radius 3 is 2.55 bits per heavy atom. The topological polar surface area (TPSA) is 54.5 Å². The van der Waals surface area contributed by atoms with Crippen molar-refractivity contribution in [2.45, 2.75) is 58.9 Å². The highest BCUT2D eigenvalue weighted by molar-refractivity contribution is 7.91. The summed E-state index contributed by atoms with van der Waals surface area (Å²) in [5.74, 6) is 0.246. The maximum atomic E-state index is 12.3. The van der Waals surface area contributed by atoms with Gasteiger partial charge in [0, 0.05) is 24.8 Å². The van der Waals surface area contributed by atoms with Crippen LogP contribution in [0.25, 0.3) is 0 Å². The molecule has 0 spiro atoms. The lowest BCUT2D eigenvalue weighted by Gasteiger charge is -2.28. The average molecular weight is 301 g/mol. The third-order valence-electron chi connectivity index (χ3n) is 3.89. The minimum Gasteiger partial charge on any atom is -0.339 e. The van der Waals surface area contributed by atoms with E-state index < -0.39 is 9.84 Å². The van der Waals surface area contributed by atoms with Crippen LogP contribution in [0.4, 0.5) is 0 Å². The summed E-state index contributed by atoms with van der Waals surface area (Å²) in [7, 11) is -3.05. The second-order valence-electron chi connectivity index (χ2n) is 5.51. The van der Waals surface area contributed by atoms with Gasteiger partial charge in [-0.2, -0.15) is 0 Å². The van der Waals surface area contributed by atoms with Gasteiger partial charge in [-0.05, 0) is 39.5 Å². The molecule has 1 rings (SSSR count). The fraction of sp³-hybridized carbons (Fsp3) is 0.800. The van der Waals surface area contributed by atoms with E-state index in [4.69, 9.17) is 0 Å². The first-order valence-electron chi connectivity index (χ1n) is 7.57. The van der Waals surface area contributed by atoms with E-state index in [9.17, 15) is 13.2 Å². The summed E-state index contributed by atoms with van der Waals surface area (Å²) < 4.78 is 23.4. The number of amides is 1. The molecule has 0 heterocycles. The van der Waals surface area contributed by atoms with Gasteiger partial charge in [-0.1, -0.05) is 18.6 Å². The van der Waals surface area contributed by atoms with Gasteiger partial charge in [0.2, 0.25) is 5.91 Å². The molecule has 0 saturated heterocycles. The molecule has 4 nitrogen and oxygen atoms in total. The zero-order valence-corrected chi connectivity index (χ0v) is 13.7. The van der Waals surface area contributed by atoms with Crippen LogP contribution in [-0.2, 0) is 14.6 Å². The third-order valence-corrected chi connectivity index (χ3v) is 5.76. The molecule has 0 aromatic carbocycles. The largest absolute Gasteiger partial charge is 0.339 e. The van der Waals surface area contributed by atoms with Gasteiger partial charge >= 0.3 is 0 Å². The van der Waals surface area contributed by atoms with Gasteiger partial charge in [0.15, 0.2) is 9.84 Å². The molecule has 1 aliphatic rings. The van der Waals surface area contributed by atoms with Crippen molar-refractivity contribution < 1.29 is 13.2 Å². The van der Waals surface area contributed by atoms with Crippen LogP contribution in [0.2, 0.25) is 0 Å². The molecule has 0 aromatic rings. The maximum absolute atomic E-state index is 12.3. The van der Waals surface area contributed by atoms with E-state index >= 15 is 0 Å². The molecule has 0 bridgehead atoms. The zero-order valence-electron chi connectivity index (χ0n) is 12.9. The van der Waals surface area contributed by atoms with E-state index in [0.29, 0.717) is 13.0 Å². The number of carbonyl (C=O) groups excluding carboxylic acids is 1. The van der Waals surface area contributed by atoms with Crippen molar-refractivity contribution in [3.8, 4) is 0 Å². The van der Waals surface area contributed by atoms with Gasteiger partial charge in [0.1, 0.15) is 0 Å². The summed E-state index contributed by atoms with van der Waals surface area (Å²) in [6.07, 6.45) is 7.05. The molecular formula is C15H27NO3S. The van der Waals surface area contributed by atoms with Gasteiger partial charge in [-0.15, -0.1) is 0 Å². The lowest BCUT2D eigenvalue weighted by atomic mass is 9.96. The molecule has 0 radical (unpaired) electrons. The Morgan fingerprint density at radius 1 is 1.35 bits per heavy atom. The van der Waals surface area contributed by atoms with Crippen LogP contribution in [0.15, 0.2) is 11.6 Å². The first kappa shape index (κ1) is 17.2. The molecule has 0 aliphatic heterocycles. The Hall–Kier alpha value is -0.840. The second-order valence-corrected chi connectivity index (χ2v) is 7.91. The van der Waals surface area contributed by atoms with E-state index in [1.165, 1.54) is 12.0 Å². The molecular weight excluding hydrogens is 274 g/mol. The molecule has 0 fully saturated rings. The Kier molecular flexibility index (Phi) is 6.72. The van der Waals surface area contributed by atoms with Crippen LogP contribution in [0.5, 0.6) is 0 Å². The van der Waals surface area contributed by atoms with Crippen molar-refractivity contribution in [2.24, 2.45) is 0 Å². The zero-order chi connectivity index (χ0) is 15.2. The fourth-order valence-corrected chi connectivity index (χ4v) is 3.82. The average Bonchev–Trinajstić information content (AvgIpc) is 2.40. The molecule has 1 amide bonds. The van der Waals surface area contributed by atoms with E-state index in [1.54, 1.807) is 11.8 Å². The quantitative estimate of drug-likeness (QED) is 0.679. The van der Waals surface area contributed by atoms with Crippen LogP contribution in [-0.4, -0.2) is 43.3 Å². The van der Waals surface area contributed by atoms with Gasteiger partial charge in [-0.25, -0.2) is 8.42 Å². The van der Waals surface area contributed by atoms with Crippen LogP contribution >= 0.6 is 0 Å².